The first kappa shape index (κ1) is 22.0. The fraction of sp³-hybridized carbons (Fsp3) is 0.381. The van der Waals surface area contributed by atoms with Crippen LogP contribution >= 0.6 is 0 Å². The van der Waals surface area contributed by atoms with Crippen molar-refractivity contribution in [2.45, 2.75) is 33.3 Å². The van der Waals surface area contributed by atoms with Crippen LogP contribution in [-0.2, 0) is 28.6 Å². The molecular weight excluding hydrogens is 348 g/mol. The minimum Gasteiger partial charge on any atom is -0.466 e. The predicted octanol–water partition coefficient (Wildman–Crippen LogP) is 2.66. The third-order valence-corrected chi connectivity index (χ3v) is 3.43. The van der Waals surface area contributed by atoms with E-state index in [1.165, 1.54) is 0 Å². The van der Waals surface area contributed by atoms with Crippen LogP contribution in [0.5, 0.6) is 0 Å². The molecule has 0 radical (unpaired) electrons. The predicted molar refractivity (Wildman–Crippen MR) is 99.4 cm³/mol. The Hall–Kier alpha value is -3.07. The van der Waals surface area contributed by atoms with Crippen LogP contribution in [0.25, 0.3) is 0 Å². The van der Waals surface area contributed by atoms with Gasteiger partial charge < -0.3 is 14.2 Å². The second-order valence-electron chi connectivity index (χ2n) is 6.63. The first-order valence-electron chi connectivity index (χ1n) is 8.35. The van der Waals surface area contributed by atoms with Crippen LogP contribution in [-0.4, -0.2) is 37.2 Å². The lowest BCUT2D eigenvalue weighted by atomic mass is 9.92. The zero-order valence-corrected chi connectivity index (χ0v) is 16.3. The molecule has 0 fully saturated rings. The van der Waals surface area contributed by atoms with Crippen molar-refractivity contribution >= 4 is 17.9 Å². The zero-order valence-electron chi connectivity index (χ0n) is 16.3. The summed E-state index contributed by atoms with van der Waals surface area (Å²) in [5.41, 5.74) is -3.16. The molecule has 0 aliphatic rings. The van der Waals surface area contributed by atoms with Gasteiger partial charge in [0.15, 0.2) is 0 Å². The molecule has 1 aromatic carbocycles. The molecule has 1 unspecified atom stereocenters. The van der Waals surface area contributed by atoms with Crippen LogP contribution in [0.1, 0.15) is 33.3 Å². The lowest BCUT2D eigenvalue weighted by Gasteiger charge is -2.29. The van der Waals surface area contributed by atoms with E-state index in [1.54, 1.807) is 58.0 Å². The molecule has 1 atom stereocenters. The summed E-state index contributed by atoms with van der Waals surface area (Å²) in [6, 6.07) is 8.72. The van der Waals surface area contributed by atoms with Gasteiger partial charge in [-0.1, -0.05) is 30.7 Å². The lowest BCUT2D eigenvalue weighted by molar-refractivity contribution is -0.178. The van der Waals surface area contributed by atoms with Gasteiger partial charge in [0, 0.05) is 5.56 Å². The Morgan fingerprint density at radius 1 is 1.07 bits per heavy atom. The van der Waals surface area contributed by atoms with Crippen molar-refractivity contribution in [3.05, 3.63) is 48.0 Å². The quantitative estimate of drug-likeness (QED) is 0.342. The van der Waals surface area contributed by atoms with Gasteiger partial charge in [-0.25, -0.2) is 9.59 Å². The maximum atomic E-state index is 12.7. The molecule has 6 nitrogen and oxygen atoms in total. The second kappa shape index (κ2) is 9.04. The molecule has 0 aromatic heterocycles. The fourth-order valence-electron chi connectivity index (χ4n) is 1.85. The van der Waals surface area contributed by atoms with E-state index in [2.05, 4.69) is 23.2 Å². The van der Waals surface area contributed by atoms with Crippen molar-refractivity contribution in [3.63, 3.8) is 0 Å². The molecule has 0 aliphatic carbocycles. The molecule has 0 bridgehead atoms. The number of esters is 3. The maximum Gasteiger partial charge on any atom is 0.368 e. The van der Waals surface area contributed by atoms with Gasteiger partial charge in [-0.3, -0.25) is 4.79 Å². The van der Waals surface area contributed by atoms with Gasteiger partial charge in [-0.05, 0) is 45.7 Å². The summed E-state index contributed by atoms with van der Waals surface area (Å²) in [4.78, 5) is 37.4. The van der Waals surface area contributed by atoms with Crippen LogP contribution in [0.4, 0.5) is 0 Å². The summed E-state index contributed by atoms with van der Waals surface area (Å²) in [6.45, 7) is 10.00. The number of methoxy groups -OCH3 is 1. The maximum absolute atomic E-state index is 12.7. The fourth-order valence-corrected chi connectivity index (χ4v) is 1.85. The van der Waals surface area contributed by atoms with Crippen molar-refractivity contribution < 1.29 is 28.6 Å². The van der Waals surface area contributed by atoms with Gasteiger partial charge in [0.25, 0.3) is 0 Å². The number of rotatable bonds is 5. The molecule has 1 aromatic rings. The highest BCUT2D eigenvalue weighted by Gasteiger charge is 2.50. The van der Waals surface area contributed by atoms with Crippen LogP contribution in [0.15, 0.2) is 42.5 Å². The van der Waals surface area contributed by atoms with E-state index < -0.39 is 34.5 Å². The molecule has 0 saturated heterocycles. The molecular formula is C21H24O6. The average molecular weight is 372 g/mol. The summed E-state index contributed by atoms with van der Waals surface area (Å²) in [7, 11) is 1.12. The van der Waals surface area contributed by atoms with Crippen molar-refractivity contribution in [2.75, 3.05) is 13.7 Å². The molecule has 0 aliphatic heterocycles. The highest BCUT2D eigenvalue weighted by molar-refractivity contribution is 6.03. The monoisotopic (exact) mass is 372 g/mol. The summed E-state index contributed by atoms with van der Waals surface area (Å²) >= 11 is 0. The van der Waals surface area contributed by atoms with Gasteiger partial charge in [0.05, 0.1) is 24.7 Å². The van der Waals surface area contributed by atoms with Crippen LogP contribution < -0.4 is 0 Å². The molecule has 0 N–H and O–H groups in total. The van der Waals surface area contributed by atoms with Gasteiger partial charge in [-0.15, -0.1) is 0 Å². The van der Waals surface area contributed by atoms with Gasteiger partial charge in [0.1, 0.15) is 0 Å². The molecule has 0 heterocycles. The van der Waals surface area contributed by atoms with Gasteiger partial charge in [-0.2, -0.15) is 0 Å². The van der Waals surface area contributed by atoms with Crippen LogP contribution in [0.3, 0.4) is 0 Å². The molecule has 0 spiro atoms. The third-order valence-electron chi connectivity index (χ3n) is 3.43. The third kappa shape index (κ3) is 5.45. The summed E-state index contributed by atoms with van der Waals surface area (Å²) < 4.78 is 15.1. The topological polar surface area (TPSA) is 78.9 Å². The summed E-state index contributed by atoms with van der Waals surface area (Å²) in [5.74, 6) is 2.63. The molecule has 0 saturated carbocycles. The normalized spacial score (nSPS) is 12.6. The number of hydrogen-bond donors (Lipinski definition) is 0. The van der Waals surface area contributed by atoms with Gasteiger partial charge in [0.2, 0.25) is 0 Å². The Kier molecular flexibility index (Phi) is 7.36. The van der Waals surface area contributed by atoms with Gasteiger partial charge >= 0.3 is 23.5 Å². The standard InChI is InChI=1S/C21H24O6/c1-7-26-19(24)21(15(2)17(22)25-6,27-18(23)20(3,4)5)14-13-16-11-9-8-10-12-16/h8-12H,2,7H2,1,3-6H3. The Balaban J connectivity index is 3.59. The minimum atomic E-state index is -2.32. The Morgan fingerprint density at radius 3 is 2.15 bits per heavy atom. The largest absolute Gasteiger partial charge is 0.466 e. The number of ether oxygens (including phenoxy) is 3. The minimum absolute atomic E-state index is 0.00484. The molecule has 0 amide bonds. The second-order valence-corrected chi connectivity index (χ2v) is 6.63. The van der Waals surface area contributed by atoms with Crippen molar-refractivity contribution in [3.8, 4) is 11.8 Å². The average Bonchev–Trinajstić information content (AvgIpc) is 2.63. The van der Waals surface area contributed by atoms with E-state index in [1.807, 2.05) is 0 Å². The van der Waals surface area contributed by atoms with E-state index in [4.69, 9.17) is 9.47 Å². The zero-order chi connectivity index (χ0) is 20.7. The molecule has 27 heavy (non-hydrogen) atoms. The van der Waals surface area contributed by atoms with E-state index in [-0.39, 0.29) is 6.61 Å². The van der Waals surface area contributed by atoms with Crippen molar-refractivity contribution in [1.82, 2.24) is 0 Å². The first-order valence-corrected chi connectivity index (χ1v) is 8.35. The van der Waals surface area contributed by atoms with Crippen LogP contribution in [0.2, 0.25) is 0 Å². The van der Waals surface area contributed by atoms with E-state index in [0.29, 0.717) is 5.56 Å². The summed E-state index contributed by atoms with van der Waals surface area (Å²) in [5, 5.41) is 0. The lowest BCUT2D eigenvalue weighted by Crippen LogP contribution is -2.49. The molecule has 144 valence electrons. The van der Waals surface area contributed by atoms with E-state index >= 15 is 0 Å². The Labute approximate surface area is 159 Å². The van der Waals surface area contributed by atoms with E-state index in [0.717, 1.165) is 7.11 Å². The highest BCUT2D eigenvalue weighted by Crippen LogP contribution is 2.28. The number of carbonyl (C=O) groups is 3. The van der Waals surface area contributed by atoms with E-state index in [9.17, 15) is 14.4 Å². The smallest absolute Gasteiger partial charge is 0.368 e. The number of carbonyl (C=O) groups excluding carboxylic acids is 3. The van der Waals surface area contributed by atoms with Crippen molar-refractivity contribution in [1.29, 1.82) is 0 Å². The Morgan fingerprint density at radius 2 is 1.67 bits per heavy atom. The number of benzene rings is 1. The molecule has 6 heteroatoms. The Bertz CT molecular complexity index is 776. The summed E-state index contributed by atoms with van der Waals surface area (Å²) in [6.07, 6.45) is 0. The highest BCUT2D eigenvalue weighted by atomic mass is 16.6. The van der Waals surface area contributed by atoms with Crippen molar-refractivity contribution in [2.24, 2.45) is 5.41 Å². The first-order chi connectivity index (χ1) is 12.6. The number of hydrogen-bond acceptors (Lipinski definition) is 6. The molecule has 1 rings (SSSR count). The van der Waals surface area contributed by atoms with Crippen LogP contribution in [0, 0.1) is 17.3 Å². The SMILES string of the molecule is C=C(C(=O)OC)C(C#Cc1ccccc1)(OC(=O)C(C)(C)C)C(=O)OCC.